The maximum Gasteiger partial charge on any atom is 0.327 e. The van der Waals surface area contributed by atoms with Crippen LogP contribution in [-0.2, 0) is 14.3 Å². The molecule has 1 unspecified atom stereocenters. The van der Waals surface area contributed by atoms with E-state index in [-0.39, 0.29) is 5.97 Å². The highest BCUT2D eigenvalue weighted by Crippen LogP contribution is 2.28. The molecule has 5 heteroatoms. The van der Waals surface area contributed by atoms with Crippen LogP contribution in [0.1, 0.15) is 26.7 Å². The number of nitrogens with zero attached hydrogens (tertiary/aromatic N) is 1. The van der Waals surface area contributed by atoms with E-state index in [0.717, 1.165) is 32.2 Å². The second kappa shape index (κ2) is 7.82. The van der Waals surface area contributed by atoms with E-state index in [0.29, 0.717) is 6.54 Å². The molecule has 0 amide bonds. The molecular formula is C14H28N2O3. The lowest BCUT2D eigenvalue weighted by molar-refractivity contribution is -0.148. The molecule has 1 atom stereocenters. The van der Waals surface area contributed by atoms with Gasteiger partial charge >= 0.3 is 5.97 Å². The first kappa shape index (κ1) is 16.4. The zero-order chi connectivity index (χ0) is 14.3. The van der Waals surface area contributed by atoms with Crippen LogP contribution in [0.5, 0.6) is 0 Å². The van der Waals surface area contributed by atoms with E-state index in [1.165, 1.54) is 20.0 Å². The van der Waals surface area contributed by atoms with Crippen LogP contribution in [0.4, 0.5) is 0 Å². The van der Waals surface area contributed by atoms with Gasteiger partial charge in [0.1, 0.15) is 5.54 Å². The summed E-state index contributed by atoms with van der Waals surface area (Å²) >= 11 is 0. The molecular weight excluding hydrogens is 244 g/mol. The molecule has 1 rings (SSSR count). The number of carbonyl (C=O) groups is 1. The van der Waals surface area contributed by atoms with Crippen molar-refractivity contribution in [3.8, 4) is 0 Å². The Balaban J connectivity index is 2.28. The first-order valence-electron chi connectivity index (χ1n) is 7.11. The molecule has 5 nitrogen and oxygen atoms in total. The predicted octanol–water partition coefficient (Wildman–Crippen LogP) is 0.886. The second-order valence-corrected chi connectivity index (χ2v) is 5.61. The topological polar surface area (TPSA) is 50.8 Å². The minimum absolute atomic E-state index is 0.222. The van der Waals surface area contributed by atoms with Gasteiger partial charge in [0.2, 0.25) is 0 Å². The van der Waals surface area contributed by atoms with Gasteiger partial charge in [-0.2, -0.15) is 0 Å². The van der Waals surface area contributed by atoms with Crippen molar-refractivity contribution in [1.82, 2.24) is 10.2 Å². The predicted molar refractivity (Wildman–Crippen MR) is 75.1 cm³/mol. The van der Waals surface area contributed by atoms with Crippen molar-refractivity contribution in [3.63, 3.8) is 0 Å². The molecule has 0 aromatic rings. The summed E-state index contributed by atoms with van der Waals surface area (Å²) in [5.41, 5.74) is -0.658. The SMILES string of the molecule is CCNC(C)(CN(C)CCOCC1CC1)C(=O)OC. The van der Waals surface area contributed by atoms with Gasteiger partial charge in [-0.3, -0.25) is 4.79 Å². The van der Waals surface area contributed by atoms with Crippen LogP contribution in [0, 0.1) is 5.92 Å². The number of likely N-dealkylation sites (N-methyl/N-ethyl adjacent to an activating group) is 2. The molecule has 1 fully saturated rings. The van der Waals surface area contributed by atoms with Crippen molar-refractivity contribution >= 4 is 5.97 Å². The summed E-state index contributed by atoms with van der Waals surface area (Å²) in [4.78, 5) is 13.9. The van der Waals surface area contributed by atoms with Gasteiger partial charge in [-0.15, -0.1) is 0 Å². The molecule has 0 radical (unpaired) electrons. The van der Waals surface area contributed by atoms with Crippen LogP contribution in [0.25, 0.3) is 0 Å². The third kappa shape index (κ3) is 5.89. The van der Waals surface area contributed by atoms with Gasteiger partial charge in [-0.05, 0) is 39.3 Å². The Hall–Kier alpha value is -0.650. The van der Waals surface area contributed by atoms with Crippen molar-refractivity contribution in [3.05, 3.63) is 0 Å². The minimum Gasteiger partial charge on any atom is -0.468 e. The van der Waals surface area contributed by atoms with Gasteiger partial charge in [-0.25, -0.2) is 0 Å². The number of methoxy groups -OCH3 is 1. The first-order valence-corrected chi connectivity index (χ1v) is 7.11. The van der Waals surface area contributed by atoms with E-state index in [1.54, 1.807) is 0 Å². The average molecular weight is 272 g/mol. The fourth-order valence-corrected chi connectivity index (χ4v) is 2.18. The van der Waals surface area contributed by atoms with Gasteiger partial charge in [0, 0.05) is 19.7 Å². The van der Waals surface area contributed by atoms with Crippen LogP contribution in [0.2, 0.25) is 0 Å². The molecule has 0 saturated heterocycles. The second-order valence-electron chi connectivity index (χ2n) is 5.61. The maximum atomic E-state index is 11.8. The van der Waals surface area contributed by atoms with Crippen LogP contribution in [0.3, 0.4) is 0 Å². The van der Waals surface area contributed by atoms with Crippen molar-refractivity contribution in [2.45, 2.75) is 32.2 Å². The third-order valence-electron chi connectivity index (χ3n) is 3.46. The summed E-state index contributed by atoms with van der Waals surface area (Å²) in [7, 11) is 3.43. The fraction of sp³-hybridized carbons (Fsp3) is 0.929. The van der Waals surface area contributed by atoms with Gasteiger partial charge in [0.25, 0.3) is 0 Å². The van der Waals surface area contributed by atoms with Crippen LogP contribution in [0.15, 0.2) is 0 Å². The van der Waals surface area contributed by atoms with E-state index in [2.05, 4.69) is 10.2 Å². The molecule has 0 aliphatic heterocycles. The van der Waals surface area contributed by atoms with Crippen molar-refractivity contribution in [2.24, 2.45) is 5.92 Å². The van der Waals surface area contributed by atoms with E-state index in [1.807, 2.05) is 20.9 Å². The number of rotatable bonds is 10. The Kier molecular flexibility index (Phi) is 6.75. The molecule has 0 heterocycles. The molecule has 0 aromatic carbocycles. The molecule has 112 valence electrons. The van der Waals surface area contributed by atoms with Gasteiger partial charge in [0.15, 0.2) is 0 Å². The number of carbonyl (C=O) groups excluding carboxylic acids is 1. The molecule has 0 bridgehead atoms. The van der Waals surface area contributed by atoms with Gasteiger partial charge < -0.3 is 19.7 Å². The Morgan fingerprint density at radius 2 is 2.16 bits per heavy atom. The highest BCUT2D eigenvalue weighted by molar-refractivity contribution is 5.80. The lowest BCUT2D eigenvalue weighted by Crippen LogP contribution is -2.57. The number of hydrogen-bond acceptors (Lipinski definition) is 5. The molecule has 0 spiro atoms. The lowest BCUT2D eigenvalue weighted by Gasteiger charge is -2.32. The van der Waals surface area contributed by atoms with Gasteiger partial charge in [0.05, 0.1) is 13.7 Å². The maximum absolute atomic E-state index is 11.8. The zero-order valence-electron chi connectivity index (χ0n) is 12.7. The Morgan fingerprint density at radius 3 is 2.68 bits per heavy atom. The zero-order valence-corrected chi connectivity index (χ0v) is 12.7. The minimum atomic E-state index is -0.658. The largest absolute Gasteiger partial charge is 0.468 e. The number of nitrogens with one attached hydrogen (secondary N) is 1. The quantitative estimate of drug-likeness (QED) is 0.473. The molecule has 1 N–H and O–H groups in total. The van der Waals surface area contributed by atoms with Gasteiger partial charge in [-0.1, -0.05) is 6.92 Å². The summed E-state index contributed by atoms with van der Waals surface area (Å²) in [5.74, 6) is 0.576. The monoisotopic (exact) mass is 272 g/mol. The standard InChI is InChI=1S/C14H28N2O3/c1-5-15-14(2,13(17)18-4)11-16(3)8-9-19-10-12-6-7-12/h12,15H,5-11H2,1-4H3. The van der Waals surface area contributed by atoms with Crippen molar-refractivity contribution in [1.29, 1.82) is 0 Å². The smallest absolute Gasteiger partial charge is 0.327 e. The Bertz CT molecular complexity index is 282. The van der Waals surface area contributed by atoms with E-state index < -0.39 is 5.54 Å². The van der Waals surface area contributed by atoms with Crippen molar-refractivity contribution in [2.75, 3.05) is 47.0 Å². The van der Waals surface area contributed by atoms with Crippen LogP contribution >= 0.6 is 0 Å². The summed E-state index contributed by atoms with van der Waals surface area (Å²) in [6.45, 7) is 7.64. The van der Waals surface area contributed by atoms with E-state index in [9.17, 15) is 4.79 Å². The molecule has 19 heavy (non-hydrogen) atoms. The highest BCUT2D eigenvalue weighted by atomic mass is 16.5. The van der Waals surface area contributed by atoms with Crippen LogP contribution in [-0.4, -0.2) is 63.4 Å². The molecule has 1 aliphatic rings. The van der Waals surface area contributed by atoms with Crippen LogP contribution < -0.4 is 5.32 Å². The average Bonchev–Trinajstić information content (AvgIpc) is 3.17. The number of ether oxygens (including phenoxy) is 2. The lowest BCUT2D eigenvalue weighted by atomic mass is 10.0. The first-order chi connectivity index (χ1) is 9.01. The summed E-state index contributed by atoms with van der Waals surface area (Å²) in [6, 6.07) is 0. The molecule has 0 aromatic heterocycles. The fourth-order valence-electron chi connectivity index (χ4n) is 2.18. The molecule has 1 saturated carbocycles. The van der Waals surface area contributed by atoms with Crippen molar-refractivity contribution < 1.29 is 14.3 Å². The summed E-state index contributed by atoms with van der Waals surface area (Å²) < 4.78 is 10.5. The number of hydrogen-bond donors (Lipinski definition) is 1. The molecule has 1 aliphatic carbocycles. The Morgan fingerprint density at radius 1 is 1.47 bits per heavy atom. The normalized spacial score (nSPS) is 18.4. The highest BCUT2D eigenvalue weighted by Gasteiger charge is 2.34. The summed E-state index contributed by atoms with van der Waals surface area (Å²) in [5, 5.41) is 3.20. The number of esters is 1. The van der Waals surface area contributed by atoms with E-state index in [4.69, 9.17) is 9.47 Å². The third-order valence-corrected chi connectivity index (χ3v) is 3.46. The summed E-state index contributed by atoms with van der Waals surface area (Å²) in [6.07, 6.45) is 2.63. The van der Waals surface area contributed by atoms with E-state index >= 15 is 0 Å². The Labute approximate surface area is 116 Å².